The summed E-state index contributed by atoms with van der Waals surface area (Å²) in [6.45, 7) is 3.76. The van der Waals surface area contributed by atoms with E-state index in [1.807, 2.05) is 19.9 Å². The Labute approximate surface area is 198 Å². The van der Waals surface area contributed by atoms with Crippen LogP contribution >= 0.6 is 0 Å². The van der Waals surface area contributed by atoms with Crippen molar-refractivity contribution in [3.05, 3.63) is 117 Å². The molecule has 0 unspecified atom stereocenters. The zero-order chi connectivity index (χ0) is 24.5. The SMILES string of the molecule is CC[C@@H]1C=C(C(=O)c2ccc([N+](=O)[O-])cc2)[C@H](c2ccccc2)N1S(=O)(=O)c1ccc(C)cc1. The molecule has 1 aliphatic rings. The molecule has 3 aromatic carbocycles. The average Bonchev–Trinajstić information content (AvgIpc) is 3.25. The van der Waals surface area contributed by atoms with Gasteiger partial charge in [-0.15, -0.1) is 0 Å². The smallest absolute Gasteiger partial charge is 0.269 e. The van der Waals surface area contributed by atoms with Crippen LogP contribution in [0.25, 0.3) is 0 Å². The summed E-state index contributed by atoms with van der Waals surface area (Å²) in [7, 11) is -3.94. The molecule has 4 rings (SSSR count). The van der Waals surface area contributed by atoms with Crippen molar-refractivity contribution >= 4 is 21.5 Å². The molecule has 0 saturated carbocycles. The van der Waals surface area contributed by atoms with Gasteiger partial charge in [0.2, 0.25) is 10.0 Å². The number of carbonyl (C=O) groups is 1. The van der Waals surface area contributed by atoms with E-state index >= 15 is 0 Å². The van der Waals surface area contributed by atoms with E-state index in [0.29, 0.717) is 17.6 Å². The molecule has 0 spiro atoms. The predicted octanol–water partition coefficient (Wildman–Crippen LogP) is 5.24. The van der Waals surface area contributed by atoms with Crippen molar-refractivity contribution < 1.29 is 18.1 Å². The van der Waals surface area contributed by atoms with Crippen LogP contribution in [0.2, 0.25) is 0 Å². The molecule has 0 amide bonds. The number of hydrogen-bond acceptors (Lipinski definition) is 5. The topological polar surface area (TPSA) is 97.6 Å². The first-order valence-corrected chi connectivity index (χ1v) is 12.3. The quantitative estimate of drug-likeness (QED) is 0.264. The van der Waals surface area contributed by atoms with Gasteiger partial charge >= 0.3 is 0 Å². The Morgan fingerprint density at radius 2 is 1.59 bits per heavy atom. The molecule has 0 aromatic heterocycles. The molecule has 1 aliphatic heterocycles. The average molecular weight is 477 g/mol. The molecule has 8 heteroatoms. The lowest BCUT2D eigenvalue weighted by molar-refractivity contribution is -0.384. The summed E-state index contributed by atoms with van der Waals surface area (Å²) >= 11 is 0. The van der Waals surface area contributed by atoms with Crippen LogP contribution in [0.1, 0.15) is 40.9 Å². The maximum atomic E-state index is 13.8. The molecular formula is C26H24N2O5S. The minimum absolute atomic E-state index is 0.119. The summed E-state index contributed by atoms with van der Waals surface area (Å²) in [5.74, 6) is -0.358. The van der Waals surface area contributed by atoms with Crippen LogP contribution in [-0.2, 0) is 10.0 Å². The lowest BCUT2D eigenvalue weighted by atomic mass is 9.94. The van der Waals surface area contributed by atoms with E-state index in [2.05, 4.69) is 0 Å². The lowest BCUT2D eigenvalue weighted by Crippen LogP contribution is -2.38. The molecule has 7 nitrogen and oxygen atoms in total. The highest BCUT2D eigenvalue weighted by Crippen LogP contribution is 2.43. The fraction of sp³-hybridized carbons (Fsp3) is 0.192. The minimum Gasteiger partial charge on any atom is -0.289 e. The van der Waals surface area contributed by atoms with Gasteiger partial charge in [-0.25, -0.2) is 8.42 Å². The monoisotopic (exact) mass is 476 g/mol. The largest absolute Gasteiger partial charge is 0.289 e. The summed E-state index contributed by atoms with van der Waals surface area (Å²) in [5.41, 5.74) is 2.10. The van der Waals surface area contributed by atoms with Crippen molar-refractivity contribution in [1.29, 1.82) is 0 Å². The van der Waals surface area contributed by atoms with Gasteiger partial charge in [-0.2, -0.15) is 4.31 Å². The van der Waals surface area contributed by atoms with Crippen molar-refractivity contribution in [1.82, 2.24) is 4.31 Å². The Hall–Kier alpha value is -3.62. The Morgan fingerprint density at radius 1 is 0.971 bits per heavy atom. The fourth-order valence-electron chi connectivity index (χ4n) is 4.21. The lowest BCUT2D eigenvalue weighted by Gasteiger charge is -2.31. The molecule has 174 valence electrons. The second kappa shape index (κ2) is 9.32. The van der Waals surface area contributed by atoms with Gasteiger partial charge in [-0.3, -0.25) is 14.9 Å². The zero-order valence-electron chi connectivity index (χ0n) is 18.8. The molecule has 2 atom stereocenters. The van der Waals surface area contributed by atoms with Gasteiger partial charge in [0.15, 0.2) is 5.78 Å². The van der Waals surface area contributed by atoms with E-state index in [0.717, 1.165) is 5.56 Å². The van der Waals surface area contributed by atoms with E-state index < -0.39 is 27.0 Å². The maximum absolute atomic E-state index is 13.8. The second-order valence-electron chi connectivity index (χ2n) is 8.19. The summed E-state index contributed by atoms with van der Waals surface area (Å²) in [4.78, 5) is 24.2. The Kier molecular flexibility index (Phi) is 6.45. The van der Waals surface area contributed by atoms with Crippen molar-refractivity contribution in [3.8, 4) is 0 Å². The van der Waals surface area contributed by atoms with Crippen LogP contribution in [-0.4, -0.2) is 29.5 Å². The number of nitrogens with zero attached hydrogens (tertiary/aromatic N) is 2. The summed E-state index contributed by atoms with van der Waals surface area (Å²) in [5, 5.41) is 11.0. The van der Waals surface area contributed by atoms with Gasteiger partial charge in [0, 0.05) is 29.3 Å². The zero-order valence-corrected chi connectivity index (χ0v) is 19.6. The predicted molar refractivity (Wildman–Crippen MR) is 129 cm³/mol. The number of non-ortho nitro benzene ring substituents is 1. The first kappa shape index (κ1) is 23.5. The van der Waals surface area contributed by atoms with E-state index in [9.17, 15) is 23.3 Å². The van der Waals surface area contributed by atoms with E-state index in [1.54, 1.807) is 54.6 Å². The van der Waals surface area contributed by atoms with Crippen LogP contribution < -0.4 is 0 Å². The van der Waals surface area contributed by atoms with Crippen molar-refractivity contribution in [2.24, 2.45) is 0 Å². The van der Waals surface area contributed by atoms with Crippen LogP contribution in [0.5, 0.6) is 0 Å². The van der Waals surface area contributed by atoms with Gasteiger partial charge in [-0.1, -0.05) is 61.0 Å². The molecule has 0 radical (unpaired) electrons. The van der Waals surface area contributed by atoms with Gasteiger partial charge in [-0.05, 0) is 43.2 Å². The fourth-order valence-corrected chi connectivity index (χ4v) is 6.01. The minimum atomic E-state index is -3.94. The molecule has 0 fully saturated rings. The summed E-state index contributed by atoms with van der Waals surface area (Å²) in [6.07, 6.45) is 2.19. The molecule has 0 saturated heterocycles. The Morgan fingerprint density at radius 3 is 2.15 bits per heavy atom. The standard InChI is InChI=1S/C26H24N2O5S/c1-3-21-17-24(26(29)20-11-13-22(14-12-20)28(30)31)25(19-7-5-4-6-8-19)27(21)34(32,33)23-15-9-18(2)10-16-23/h4-17,21,25H,3H2,1-2H3/t21-,25+/m1/s1. The highest BCUT2D eigenvalue weighted by Gasteiger charge is 2.45. The van der Waals surface area contributed by atoms with E-state index in [1.165, 1.54) is 28.6 Å². The number of carbonyl (C=O) groups excluding carboxylic acids is 1. The highest BCUT2D eigenvalue weighted by atomic mass is 32.2. The third kappa shape index (κ3) is 4.30. The Balaban J connectivity index is 1.82. The highest BCUT2D eigenvalue weighted by molar-refractivity contribution is 7.89. The van der Waals surface area contributed by atoms with E-state index in [4.69, 9.17) is 0 Å². The summed E-state index contributed by atoms with van der Waals surface area (Å²) < 4.78 is 29.1. The van der Waals surface area contributed by atoms with Crippen LogP contribution in [0.3, 0.4) is 0 Å². The molecule has 34 heavy (non-hydrogen) atoms. The first-order chi connectivity index (χ1) is 16.2. The van der Waals surface area contributed by atoms with Crippen molar-refractivity contribution in [2.75, 3.05) is 0 Å². The third-order valence-corrected chi connectivity index (χ3v) is 7.88. The number of nitro groups is 1. The number of aryl methyl sites for hydroxylation is 1. The van der Waals surface area contributed by atoms with Crippen LogP contribution in [0, 0.1) is 17.0 Å². The second-order valence-corrected chi connectivity index (χ2v) is 10.0. The molecule has 0 N–H and O–H groups in total. The van der Waals surface area contributed by atoms with Crippen LogP contribution in [0.15, 0.2) is 95.4 Å². The van der Waals surface area contributed by atoms with Crippen molar-refractivity contribution in [3.63, 3.8) is 0 Å². The number of Topliss-reactive ketones (excluding diaryl/α,β-unsaturated/α-hetero) is 1. The van der Waals surface area contributed by atoms with Crippen molar-refractivity contribution in [2.45, 2.75) is 37.2 Å². The van der Waals surface area contributed by atoms with Gasteiger partial charge < -0.3 is 0 Å². The van der Waals surface area contributed by atoms with Gasteiger partial charge in [0.05, 0.1) is 15.9 Å². The third-order valence-electron chi connectivity index (χ3n) is 5.98. The Bertz CT molecular complexity index is 1350. The number of sulfonamides is 1. The summed E-state index contributed by atoms with van der Waals surface area (Å²) in [6, 6.07) is 19.7. The number of benzene rings is 3. The molecule has 1 heterocycles. The first-order valence-electron chi connectivity index (χ1n) is 10.9. The molecule has 0 bridgehead atoms. The maximum Gasteiger partial charge on any atom is 0.269 e. The number of rotatable bonds is 7. The number of hydrogen-bond donors (Lipinski definition) is 0. The number of nitro benzene ring substituents is 1. The molecular weight excluding hydrogens is 452 g/mol. The molecule has 3 aromatic rings. The normalized spacial score (nSPS) is 18.5. The number of ketones is 1. The van der Waals surface area contributed by atoms with Gasteiger partial charge in [0.1, 0.15) is 0 Å². The van der Waals surface area contributed by atoms with Crippen LogP contribution in [0.4, 0.5) is 5.69 Å². The molecule has 0 aliphatic carbocycles. The van der Waals surface area contributed by atoms with E-state index in [-0.39, 0.29) is 21.9 Å². The van der Waals surface area contributed by atoms with Gasteiger partial charge in [0.25, 0.3) is 5.69 Å².